The summed E-state index contributed by atoms with van der Waals surface area (Å²) in [4.78, 5) is 32.6. The maximum atomic E-state index is 13.8. The lowest BCUT2D eigenvalue weighted by atomic mass is 9.98. The van der Waals surface area contributed by atoms with Crippen molar-refractivity contribution in [1.29, 1.82) is 0 Å². The van der Waals surface area contributed by atoms with E-state index in [1.165, 1.54) is 4.57 Å². The first kappa shape index (κ1) is 22.3. The van der Waals surface area contributed by atoms with Crippen LogP contribution >= 0.6 is 11.6 Å². The number of ether oxygens (including phenoxy) is 1. The molecule has 2 N–H and O–H groups in total. The van der Waals surface area contributed by atoms with Crippen LogP contribution in [0.5, 0.6) is 0 Å². The number of carbonyl (C=O) groups excluding carboxylic acids is 1. The Morgan fingerprint density at radius 2 is 1.94 bits per heavy atom. The Balaban J connectivity index is 1.94. The fourth-order valence-corrected chi connectivity index (χ4v) is 4.23. The lowest BCUT2D eigenvalue weighted by Crippen LogP contribution is -2.31. The van der Waals surface area contributed by atoms with Crippen LogP contribution in [0.15, 0.2) is 57.6 Å². The molecule has 1 aliphatic carbocycles. The van der Waals surface area contributed by atoms with Gasteiger partial charge in [0.25, 0.3) is 11.5 Å². The Morgan fingerprint density at radius 1 is 1.25 bits per heavy atom. The van der Waals surface area contributed by atoms with Gasteiger partial charge < -0.3 is 15.0 Å². The highest BCUT2D eigenvalue weighted by Gasteiger charge is 2.46. The van der Waals surface area contributed by atoms with Gasteiger partial charge in [-0.2, -0.15) is 0 Å². The molecule has 0 bridgehead atoms. The Hall–Kier alpha value is -2.90. The van der Waals surface area contributed by atoms with Gasteiger partial charge in [0.15, 0.2) is 0 Å². The minimum atomic E-state index is -0.485. The zero-order valence-electron chi connectivity index (χ0n) is 18.5. The highest BCUT2D eigenvalue weighted by molar-refractivity contribution is 6.35. The van der Waals surface area contributed by atoms with Crippen LogP contribution in [0.3, 0.4) is 0 Å². The number of pyridine rings is 1. The molecule has 1 atom stereocenters. The average Bonchev–Trinajstić information content (AvgIpc) is 3.57. The normalized spacial score (nSPS) is 21.5. The molecule has 1 aliphatic heterocycles. The average molecular weight is 455 g/mol. The summed E-state index contributed by atoms with van der Waals surface area (Å²) < 4.78 is 6.68. The third kappa shape index (κ3) is 4.10. The van der Waals surface area contributed by atoms with Crippen LogP contribution in [0.2, 0.25) is 5.02 Å². The summed E-state index contributed by atoms with van der Waals surface area (Å²) in [5.74, 6) is -0.00202. The quantitative estimate of drug-likeness (QED) is 0.536. The van der Waals surface area contributed by atoms with Gasteiger partial charge >= 0.3 is 0 Å². The van der Waals surface area contributed by atoms with E-state index in [0.29, 0.717) is 46.4 Å². The summed E-state index contributed by atoms with van der Waals surface area (Å²) in [6.45, 7) is 2.58. The summed E-state index contributed by atoms with van der Waals surface area (Å²) in [5, 5.41) is 0.605. The Labute approximate surface area is 192 Å². The van der Waals surface area contributed by atoms with Crippen molar-refractivity contribution in [3.8, 4) is 0 Å². The molecule has 2 heterocycles. The van der Waals surface area contributed by atoms with E-state index in [1.54, 1.807) is 50.4 Å². The van der Waals surface area contributed by atoms with Crippen LogP contribution in [0.1, 0.15) is 30.0 Å². The molecule has 0 radical (unpaired) electrons. The Morgan fingerprint density at radius 3 is 2.53 bits per heavy atom. The monoisotopic (exact) mass is 454 g/mol. The van der Waals surface area contributed by atoms with E-state index in [-0.39, 0.29) is 17.4 Å². The first-order valence-electron chi connectivity index (χ1n) is 10.6. The van der Waals surface area contributed by atoms with Crippen LogP contribution in [-0.4, -0.2) is 36.4 Å². The van der Waals surface area contributed by atoms with Crippen molar-refractivity contribution in [3.05, 3.63) is 74.3 Å². The molecule has 168 valence electrons. The molecule has 2 fully saturated rings. The number of aryl methyl sites for hydroxylation is 2. The number of hydrogen-bond donors (Lipinski definition) is 1. The zero-order chi connectivity index (χ0) is 23.0. The molecular weight excluding hydrogens is 428 g/mol. The predicted molar refractivity (Wildman–Crippen MR) is 126 cm³/mol. The SMILES string of the molecule is COCCN=C1/C(=C(\N)C2CC2)C(=O)N(c2cc(C)c(=O)n(C)c2)C1c1ccc(Cl)cc1. The predicted octanol–water partition coefficient (Wildman–Crippen LogP) is 3.15. The number of amides is 1. The van der Waals surface area contributed by atoms with Crippen molar-refractivity contribution in [2.24, 2.45) is 23.7 Å². The summed E-state index contributed by atoms with van der Waals surface area (Å²) in [5.41, 5.74) is 10.1. The first-order chi connectivity index (χ1) is 15.3. The number of anilines is 1. The highest BCUT2D eigenvalue weighted by Crippen LogP contribution is 2.43. The largest absolute Gasteiger partial charge is 0.401 e. The van der Waals surface area contributed by atoms with E-state index in [0.717, 1.165) is 18.4 Å². The van der Waals surface area contributed by atoms with Gasteiger partial charge in [0.2, 0.25) is 0 Å². The molecule has 2 aliphatic rings. The van der Waals surface area contributed by atoms with Crippen molar-refractivity contribution < 1.29 is 9.53 Å². The number of carbonyl (C=O) groups is 1. The number of aliphatic imine (C=N–C) groups is 1. The van der Waals surface area contributed by atoms with Gasteiger partial charge in [-0.15, -0.1) is 0 Å². The molecule has 1 aromatic heterocycles. The minimum absolute atomic E-state index is 0.106. The molecule has 2 aromatic rings. The first-order valence-corrected chi connectivity index (χ1v) is 11.0. The Kier molecular flexibility index (Phi) is 6.22. The van der Waals surface area contributed by atoms with Gasteiger partial charge in [-0.25, -0.2) is 0 Å². The second-order valence-electron chi connectivity index (χ2n) is 8.29. The smallest absolute Gasteiger partial charge is 0.262 e. The van der Waals surface area contributed by atoms with Crippen LogP contribution in [-0.2, 0) is 16.6 Å². The summed E-state index contributed by atoms with van der Waals surface area (Å²) >= 11 is 6.13. The number of nitrogens with two attached hydrogens (primary N) is 1. The third-order valence-corrected chi connectivity index (χ3v) is 6.15. The van der Waals surface area contributed by atoms with Gasteiger partial charge in [0.05, 0.1) is 30.1 Å². The van der Waals surface area contributed by atoms with Crippen molar-refractivity contribution in [2.45, 2.75) is 25.8 Å². The molecule has 8 heteroatoms. The number of allylic oxidation sites excluding steroid dienone is 1. The second-order valence-corrected chi connectivity index (χ2v) is 8.73. The fourth-order valence-electron chi connectivity index (χ4n) is 4.11. The van der Waals surface area contributed by atoms with Gasteiger partial charge in [-0.1, -0.05) is 23.7 Å². The summed E-state index contributed by atoms with van der Waals surface area (Å²) in [6, 6.07) is 8.63. The minimum Gasteiger partial charge on any atom is -0.401 e. The Bertz CT molecular complexity index is 1140. The summed E-state index contributed by atoms with van der Waals surface area (Å²) in [6.07, 6.45) is 3.62. The molecule has 4 rings (SSSR count). The van der Waals surface area contributed by atoms with E-state index in [4.69, 9.17) is 27.1 Å². The molecule has 7 nitrogen and oxygen atoms in total. The highest BCUT2D eigenvalue weighted by atomic mass is 35.5. The standard InChI is InChI=1S/C24H27ClN4O3/c1-14-12-18(13-28(2)23(14)30)29-22(16-6-8-17(25)9-7-16)21(27-10-11-32-3)19(24(29)31)20(26)15-4-5-15/h6-9,12-13,15,22H,4-5,10-11,26H2,1-3H3/b20-19+,27-21?. The number of aromatic nitrogens is 1. The van der Waals surface area contributed by atoms with E-state index >= 15 is 0 Å². The number of rotatable bonds is 6. The van der Waals surface area contributed by atoms with Gasteiger partial charge in [0.1, 0.15) is 6.04 Å². The number of hydrogen-bond acceptors (Lipinski definition) is 5. The number of benzene rings is 1. The molecule has 32 heavy (non-hydrogen) atoms. The van der Waals surface area contributed by atoms with E-state index in [2.05, 4.69) is 0 Å². The van der Waals surface area contributed by atoms with Crippen LogP contribution in [0.25, 0.3) is 0 Å². The third-order valence-electron chi connectivity index (χ3n) is 5.90. The van der Waals surface area contributed by atoms with E-state index in [9.17, 15) is 9.59 Å². The van der Waals surface area contributed by atoms with E-state index < -0.39 is 6.04 Å². The van der Waals surface area contributed by atoms with Crippen LogP contribution < -0.4 is 16.2 Å². The van der Waals surface area contributed by atoms with Gasteiger partial charge in [-0.3, -0.25) is 19.5 Å². The number of methoxy groups -OCH3 is 1. The van der Waals surface area contributed by atoms with Crippen LogP contribution in [0.4, 0.5) is 5.69 Å². The topological polar surface area (TPSA) is 89.9 Å². The lowest BCUT2D eigenvalue weighted by Gasteiger charge is -2.25. The van der Waals surface area contributed by atoms with Gasteiger partial charge in [0, 0.05) is 36.6 Å². The maximum absolute atomic E-state index is 13.8. The van der Waals surface area contributed by atoms with Gasteiger partial charge in [-0.05, 0) is 49.4 Å². The number of nitrogens with zero attached hydrogens (tertiary/aromatic N) is 3. The van der Waals surface area contributed by atoms with Crippen molar-refractivity contribution in [1.82, 2.24) is 4.57 Å². The lowest BCUT2D eigenvalue weighted by molar-refractivity contribution is -0.114. The molecule has 1 saturated carbocycles. The number of halogens is 1. The molecule has 0 spiro atoms. The second kappa shape index (κ2) is 8.92. The van der Waals surface area contributed by atoms with Crippen molar-refractivity contribution >= 4 is 28.9 Å². The van der Waals surface area contributed by atoms with Crippen molar-refractivity contribution in [2.75, 3.05) is 25.2 Å². The van der Waals surface area contributed by atoms with E-state index in [1.807, 2.05) is 12.1 Å². The molecular formula is C24H27ClN4O3. The van der Waals surface area contributed by atoms with Crippen LogP contribution in [0, 0.1) is 12.8 Å². The molecule has 1 amide bonds. The zero-order valence-corrected chi connectivity index (χ0v) is 19.2. The summed E-state index contributed by atoms with van der Waals surface area (Å²) in [7, 11) is 3.30. The molecule has 1 saturated heterocycles. The van der Waals surface area contributed by atoms with Crippen molar-refractivity contribution in [3.63, 3.8) is 0 Å². The maximum Gasteiger partial charge on any atom is 0.262 e. The molecule has 1 aromatic carbocycles. The fraction of sp³-hybridized carbons (Fsp3) is 0.375. The molecule has 1 unspecified atom stereocenters.